The standard InChI is InChI=1S/C21H29N3O2/c1-16(26)24-14-21(13-20(24,2)15-25)7-10-23(11-8-21)12-17-4-3-5-19-18(17)6-9-22-19/h3-6,9,22,25H,7-8,10-15H2,1-2H3/t20-/m0/s1. The van der Waals surface area contributed by atoms with E-state index in [0.717, 1.165) is 45.4 Å². The summed E-state index contributed by atoms with van der Waals surface area (Å²) in [6.07, 6.45) is 5.10. The molecular weight excluding hydrogens is 326 g/mol. The van der Waals surface area contributed by atoms with Crippen LogP contribution in [0.2, 0.25) is 0 Å². The Morgan fingerprint density at radius 1 is 1.27 bits per heavy atom. The molecule has 1 amide bonds. The molecular formula is C21H29N3O2. The number of nitrogens with zero attached hydrogens (tertiary/aromatic N) is 2. The number of aliphatic hydroxyl groups is 1. The third-order valence-corrected chi connectivity index (χ3v) is 6.62. The van der Waals surface area contributed by atoms with E-state index >= 15 is 0 Å². The van der Waals surface area contributed by atoms with Crippen LogP contribution in [-0.4, -0.2) is 57.6 Å². The van der Waals surface area contributed by atoms with Crippen molar-refractivity contribution in [1.82, 2.24) is 14.8 Å². The number of hydrogen-bond donors (Lipinski definition) is 2. The number of hydrogen-bond acceptors (Lipinski definition) is 3. The number of aromatic amines is 1. The number of aliphatic hydroxyl groups excluding tert-OH is 1. The van der Waals surface area contributed by atoms with Crippen molar-refractivity contribution in [2.75, 3.05) is 26.2 Å². The lowest BCUT2D eigenvalue weighted by atomic mass is 9.74. The number of carbonyl (C=O) groups excluding carboxylic acids is 1. The van der Waals surface area contributed by atoms with Crippen LogP contribution in [-0.2, 0) is 11.3 Å². The van der Waals surface area contributed by atoms with Gasteiger partial charge < -0.3 is 15.0 Å². The number of likely N-dealkylation sites (tertiary alicyclic amines) is 2. The number of fused-ring (bicyclic) bond motifs is 1. The predicted octanol–water partition coefficient (Wildman–Crippen LogP) is 2.75. The normalized spacial score (nSPS) is 26.0. The highest BCUT2D eigenvalue weighted by molar-refractivity contribution is 5.82. The zero-order valence-electron chi connectivity index (χ0n) is 15.8. The largest absolute Gasteiger partial charge is 0.394 e. The van der Waals surface area contributed by atoms with Crippen LogP contribution in [0.5, 0.6) is 0 Å². The number of H-pyrrole nitrogens is 1. The highest BCUT2D eigenvalue weighted by Crippen LogP contribution is 2.48. The first-order valence-corrected chi connectivity index (χ1v) is 9.61. The molecule has 26 heavy (non-hydrogen) atoms. The summed E-state index contributed by atoms with van der Waals surface area (Å²) in [5.41, 5.74) is 2.34. The fourth-order valence-electron chi connectivity index (χ4n) is 5.17. The maximum absolute atomic E-state index is 12.1. The SMILES string of the molecule is CC(=O)N1CC2(CCN(Cc3cccc4[nH]ccc34)CC2)C[C@@]1(C)CO. The summed E-state index contributed by atoms with van der Waals surface area (Å²) in [4.78, 5) is 19.8. The van der Waals surface area contributed by atoms with Gasteiger partial charge in [0, 0.05) is 37.1 Å². The summed E-state index contributed by atoms with van der Waals surface area (Å²) >= 11 is 0. The number of benzene rings is 1. The summed E-state index contributed by atoms with van der Waals surface area (Å²) in [6.45, 7) is 7.57. The number of carbonyl (C=O) groups is 1. The monoisotopic (exact) mass is 355 g/mol. The van der Waals surface area contributed by atoms with E-state index in [1.807, 2.05) is 18.0 Å². The Balaban J connectivity index is 1.44. The fraction of sp³-hybridized carbons (Fsp3) is 0.571. The van der Waals surface area contributed by atoms with Gasteiger partial charge in [0.05, 0.1) is 12.1 Å². The minimum Gasteiger partial charge on any atom is -0.394 e. The second-order valence-electron chi connectivity index (χ2n) is 8.57. The van der Waals surface area contributed by atoms with E-state index in [2.05, 4.69) is 34.1 Å². The molecule has 0 saturated carbocycles. The van der Waals surface area contributed by atoms with Crippen molar-refractivity contribution < 1.29 is 9.90 Å². The van der Waals surface area contributed by atoms with Crippen LogP contribution in [0.1, 0.15) is 38.7 Å². The van der Waals surface area contributed by atoms with Crippen molar-refractivity contribution in [3.63, 3.8) is 0 Å². The summed E-state index contributed by atoms with van der Waals surface area (Å²) in [6, 6.07) is 8.61. The molecule has 2 aliphatic rings. The van der Waals surface area contributed by atoms with Gasteiger partial charge in [-0.15, -0.1) is 0 Å². The molecule has 1 aromatic heterocycles. The first-order chi connectivity index (χ1) is 12.4. The molecule has 2 fully saturated rings. The van der Waals surface area contributed by atoms with Gasteiger partial charge in [-0.1, -0.05) is 12.1 Å². The van der Waals surface area contributed by atoms with Gasteiger partial charge in [-0.3, -0.25) is 9.69 Å². The van der Waals surface area contributed by atoms with Gasteiger partial charge >= 0.3 is 0 Å². The molecule has 2 aromatic rings. The van der Waals surface area contributed by atoms with Crippen molar-refractivity contribution in [1.29, 1.82) is 0 Å². The van der Waals surface area contributed by atoms with Crippen molar-refractivity contribution in [3.05, 3.63) is 36.0 Å². The molecule has 3 heterocycles. The van der Waals surface area contributed by atoms with E-state index in [1.54, 1.807) is 6.92 Å². The lowest BCUT2D eigenvalue weighted by Crippen LogP contribution is -2.46. The molecule has 2 aliphatic heterocycles. The number of rotatable bonds is 3. The Morgan fingerprint density at radius 2 is 2.04 bits per heavy atom. The van der Waals surface area contributed by atoms with E-state index in [9.17, 15) is 9.90 Å². The van der Waals surface area contributed by atoms with Gasteiger partial charge in [0.15, 0.2) is 0 Å². The summed E-state index contributed by atoms with van der Waals surface area (Å²) in [5.74, 6) is 0.0833. The molecule has 5 nitrogen and oxygen atoms in total. The first-order valence-electron chi connectivity index (χ1n) is 9.61. The van der Waals surface area contributed by atoms with Crippen LogP contribution in [0.15, 0.2) is 30.5 Å². The highest BCUT2D eigenvalue weighted by Gasteiger charge is 2.52. The quantitative estimate of drug-likeness (QED) is 0.890. The first kappa shape index (κ1) is 17.6. The van der Waals surface area contributed by atoms with Gasteiger partial charge in [0.25, 0.3) is 0 Å². The maximum Gasteiger partial charge on any atom is 0.219 e. The average molecular weight is 355 g/mol. The minimum atomic E-state index is -0.398. The molecule has 0 radical (unpaired) electrons. The molecule has 4 rings (SSSR count). The molecule has 0 aliphatic carbocycles. The Bertz CT molecular complexity index is 806. The highest BCUT2D eigenvalue weighted by atomic mass is 16.3. The second-order valence-corrected chi connectivity index (χ2v) is 8.57. The van der Waals surface area contributed by atoms with Crippen molar-refractivity contribution in [3.8, 4) is 0 Å². The van der Waals surface area contributed by atoms with E-state index in [1.165, 1.54) is 16.5 Å². The Labute approximate surface area is 155 Å². The number of piperidine rings is 1. The molecule has 1 atom stereocenters. The second kappa shape index (κ2) is 6.39. The number of amides is 1. The predicted molar refractivity (Wildman–Crippen MR) is 103 cm³/mol. The third kappa shape index (κ3) is 2.93. The van der Waals surface area contributed by atoms with Crippen LogP contribution in [0.4, 0.5) is 0 Å². The number of nitrogens with one attached hydrogen (secondary N) is 1. The summed E-state index contributed by atoms with van der Waals surface area (Å²) < 4.78 is 0. The van der Waals surface area contributed by atoms with E-state index in [-0.39, 0.29) is 17.9 Å². The van der Waals surface area contributed by atoms with Crippen LogP contribution in [0, 0.1) is 5.41 Å². The lowest BCUT2D eigenvalue weighted by Gasteiger charge is -2.39. The zero-order valence-corrected chi connectivity index (χ0v) is 15.8. The van der Waals surface area contributed by atoms with Gasteiger partial charge in [0.2, 0.25) is 5.91 Å². The molecule has 2 saturated heterocycles. The van der Waals surface area contributed by atoms with Crippen LogP contribution in [0.3, 0.4) is 0 Å². The van der Waals surface area contributed by atoms with Gasteiger partial charge in [0.1, 0.15) is 0 Å². The van der Waals surface area contributed by atoms with Crippen molar-refractivity contribution in [2.24, 2.45) is 5.41 Å². The van der Waals surface area contributed by atoms with Crippen molar-refractivity contribution >= 4 is 16.8 Å². The molecule has 5 heteroatoms. The average Bonchev–Trinajstić information content (AvgIpc) is 3.21. The molecule has 1 aromatic carbocycles. The van der Waals surface area contributed by atoms with E-state index in [0.29, 0.717) is 0 Å². The van der Waals surface area contributed by atoms with Gasteiger partial charge in [-0.25, -0.2) is 0 Å². The maximum atomic E-state index is 12.1. The molecule has 2 N–H and O–H groups in total. The molecule has 0 unspecified atom stereocenters. The van der Waals surface area contributed by atoms with Crippen LogP contribution < -0.4 is 0 Å². The van der Waals surface area contributed by atoms with Crippen LogP contribution in [0.25, 0.3) is 10.9 Å². The molecule has 1 spiro atoms. The third-order valence-electron chi connectivity index (χ3n) is 6.62. The molecule has 0 bridgehead atoms. The van der Waals surface area contributed by atoms with Crippen LogP contribution >= 0.6 is 0 Å². The lowest BCUT2D eigenvalue weighted by molar-refractivity contribution is -0.134. The number of aromatic nitrogens is 1. The summed E-state index contributed by atoms with van der Waals surface area (Å²) in [7, 11) is 0. The fourth-order valence-corrected chi connectivity index (χ4v) is 5.17. The van der Waals surface area contributed by atoms with E-state index < -0.39 is 5.54 Å². The van der Waals surface area contributed by atoms with Gasteiger partial charge in [-0.2, -0.15) is 0 Å². The zero-order chi connectivity index (χ0) is 18.4. The summed E-state index contributed by atoms with van der Waals surface area (Å²) in [5, 5.41) is 11.2. The Hall–Kier alpha value is -1.85. The minimum absolute atomic E-state index is 0.0491. The smallest absolute Gasteiger partial charge is 0.219 e. The van der Waals surface area contributed by atoms with Gasteiger partial charge in [-0.05, 0) is 62.4 Å². The van der Waals surface area contributed by atoms with E-state index in [4.69, 9.17) is 0 Å². The Morgan fingerprint density at radius 3 is 2.69 bits per heavy atom. The van der Waals surface area contributed by atoms with Crippen molar-refractivity contribution in [2.45, 2.75) is 45.2 Å². The topological polar surface area (TPSA) is 59.6 Å². The molecule has 140 valence electrons. The Kier molecular flexibility index (Phi) is 4.32.